The summed E-state index contributed by atoms with van der Waals surface area (Å²) >= 11 is 0. The topological polar surface area (TPSA) is 106 Å². The van der Waals surface area contributed by atoms with Crippen LogP contribution in [0.25, 0.3) is 0 Å². The molecule has 3 N–H and O–H groups in total. The molecule has 0 bridgehead atoms. The van der Waals surface area contributed by atoms with Crippen LogP contribution in [0.4, 0.5) is 0 Å². The normalized spacial score (nSPS) is 28.8. The monoisotopic (exact) mass is 345 g/mol. The average Bonchev–Trinajstić information content (AvgIpc) is 2.90. The van der Waals surface area contributed by atoms with Crippen LogP contribution >= 0.6 is 12.4 Å². The number of amides is 1. The molecule has 2 heterocycles. The van der Waals surface area contributed by atoms with Crippen LogP contribution < -0.4 is 5.73 Å². The van der Waals surface area contributed by atoms with Crippen molar-refractivity contribution < 1.29 is 14.6 Å². The van der Waals surface area contributed by atoms with Crippen molar-refractivity contribution in [2.24, 2.45) is 5.73 Å². The van der Waals surface area contributed by atoms with Crippen LogP contribution in [0.5, 0.6) is 0 Å². The molecule has 1 atom stereocenters. The van der Waals surface area contributed by atoms with Gasteiger partial charge in [0.2, 0.25) is 0 Å². The van der Waals surface area contributed by atoms with Crippen molar-refractivity contribution in [2.45, 2.75) is 43.9 Å². The predicted octanol–water partition coefficient (Wildman–Crippen LogP) is -0.0244. The summed E-state index contributed by atoms with van der Waals surface area (Å²) < 4.78 is 7.02. The van der Waals surface area contributed by atoms with E-state index in [4.69, 9.17) is 10.5 Å². The molecule has 0 radical (unpaired) electrons. The van der Waals surface area contributed by atoms with Gasteiger partial charge in [0.05, 0.1) is 31.6 Å². The smallest absolute Gasteiger partial charge is 0.276 e. The summed E-state index contributed by atoms with van der Waals surface area (Å²) in [7, 11) is 0. The van der Waals surface area contributed by atoms with Crippen molar-refractivity contribution in [1.82, 2.24) is 19.9 Å². The van der Waals surface area contributed by atoms with Crippen LogP contribution in [0.1, 0.15) is 42.2 Å². The quantitative estimate of drug-likeness (QED) is 0.780. The largest absolute Gasteiger partial charge is 0.389 e. The lowest BCUT2D eigenvalue weighted by Gasteiger charge is -2.25. The van der Waals surface area contributed by atoms with Crippen molar-refractivity contribution in [3.8, 4) is 0 Å². The Hall–Kier alpha value is -1.22. The van der Waals surface area contributed by atoms with E-state index in [0.717, 1.165) is 25.7 Å². The summed E-state index contributed by atoms with van der Waals surface area (Å²) in [6, 6.07) is 0.548. The number of carbonyl (C=O) groups excluding carboxylic acids is 1. The number of hydrogen-bond donors (Lipinski definition) is 2. The minimum absolute atomic E-state index is 0. The van der Waals surface area contributed by atoms with Crippen molar-refractivity contribution in [3.63, 3.8) is 0 Å². The summed E-state index contributed by atoms with van der Waals surface area (Å²) in [6.45, 7) is 1.42. The van der Waals surface area contributed by atoms with Crippen molar-refractivity contribution >= 4 is 18.3 Å². The average molecular weight is 346 g/mol. The number of aliphatic hydroxyl groups excluding tert-OH is 1. The molecule has 2 aliphatic rings. The lowest BCUT2D eigenvalue weighted by Crippen LogP contribution is -2.37. The number of carbonyl (C=O) groups is 1. The Morgan fingerprint density at radius 3 is 2.83 bits per heavy atom. The minimum atomic E-state index is -0.652. The molecular formula is C14H24ClN5O3. The molecule has 130 valence electrons. The number of β-amino-alcohol motifs (C(OH)–C–C–N with tert-alkyl or cyclic N) is 1. The number of rotatable bonds is 2. The maximum Gasteiger partial charge on any atom is 0.276 e. The number of aliphatic hydroxyl groups is 1. The van der Waals surface area contributed by atoms with E-state index in [2.05, 4.69) is 10.3 Å². The molecular weight excluding hydrogens is 322 g/mol. The van der Waals surface area contributed by atoms with E-state index in [0.29, 0.717) is 18.8 Å². The summed E-state index contributed by atoms with van der Waals surface area (Å²) in [5.74, 6) is -0.205. The van der Waals surface area contributed by atoms with Gasteiger partial charge >= 0.3 is 0 Å². The Labute approximate surface area is 141 Å². The maximum atomic E-state index is 12.5. The second-order valence-corrected chi connectivity index (χ2v) is 6.13. The van der Waals surface area contributed by atoms with Gasteiger partial charge in [-0.05, 0) is 25.7 Å². The molecule has 3 rings (SSSR count). The van der Waals surface area contributed by atoms with E-state index in [-0.39, 0.29) is 43.5 Å². The standard InChI is InChI=1S/C14H23N5O3.ClH/c15-10-1-3-11(4-2-10)19-8-13(16-17-19)14(21)18-5-6-22-9-12(20)7-18;/h8,10-12,20H,1-7,9,15H2;1H. The van der Waals surface area contributed by atoms with Crippen molar-refractivity contribution in [1.29, 1.82) is 0 Å². The first-order valence-corrected chi connectivity index (χ1v) is 7.86. The van der Waals surface area contributed by atoms with Gasteiger partial charge < -0.3 is 20.5 Å². The zero-order valence-electron chi connectivity index (χ0n) is 13.0. The van der Waals surface area contributed by atoms with Gasteiger partial charge in [0.1, 0.15) is 0 Å². The minimum Gasteiger partial charge on any atom is -0.389 e. The molecule has 1 aliphatic heterocycles. The molecule has 1 aromatic heterocycles. The molecule has 8 nitrogen and oxygen atoms in total. The van der Waals surface area contributed by atoms with Gasteiger partial charge in [-0.1, -0.05) is 5.21 Å². The summed E-state index contributed by atoms with van der Waals surface area (Å²) in [5, 5.41) is 17.8. The maximum absolute atomic E-state index is 12.5. The summed E-state index contributed by atoms with van der Waals surface area (Å²) in [4.78, 5) is 14.0. The van der Waals surface area contributed by atoms with Crippen LogP contribution in [0, 0.1) is 0 Å². The summed E-state index contributed by atoms with van der Waals surface area (Å²) in [5.41, 5.74) is 6.24. The van der Waals surface area contributed by atoms with Crippen molar-refractivity contribution in [3.05, 3.63) is 11.9 Å². The molecule has 1 saturated carbocycles. The third-order valence-electron chi connectivity index (χ3n) is 4.38. The third-order valence-corrected chi connectivity index (χ3v) is 4.38. The highest BCUT2D eigenvalue weighted by atomic mass is 35.5. The lowest BCUT2D eigenvalue weighted by molar-refractivity contribution is 0.0533. The molecule has 0 spiro atoms. The molecule has 23 heavy (non-hydrogen) atoms. The van der Waals surface area contributed by atoms with Crippen LogP contribution in [0.3, 0.4) is 0 Å². The van der Waals surface area contributed by atoms with Crippen LogP contribution in [0.2, 0.25) is 0 Å². The number of nitrogens with zero attached hydrogens (tertiary/aromatic N) is 4. The molecule has 1 saturated heterocycles. The van der Waals surface area contributed by atoms with Gasteiger partial charge in [0, 0.05) is 19.1 Å². The van der Waals surface area contributed by atoms with E-state index < -0.39 is 6.10 Å². The second-order valence-electron chi connectivity index (χ2n) is 6.13. The van der Waals surface area contributed by atoms with E-state index in [1.807, 2.05) is 0 Å². The van der Waals surface area contributed by atoms with Gasteiger partial charge in [-0.3, -0.25) is 4.79 Å². The van der Waals surface area contributed by atoms with E-state index in [1.165, 1.54) is 0 Å². The second kappa shape index (κ2) is 8.05. The molecule has 1 aromatic rings. The first kappa shape index (κ1) is 18.1. The lowest BCUT2D eigenvalue weighted by atomic mass is 9.92. The first-order valence-electron chi connectivity index (χ1n) is 7.86. The van der Waals surface area contributed by atoms with E-state index in [1.54, 1.807) is 15.8 Å². The highest BCUT2D eigenvalue weighted by Gasteiger charge is 2.26. The van der Waals surface area contributed by atoms with Gasteiger partial charge in [-0.2, -0.15) is 0 Å². The molecule has 0 aromatic carbocycles. The Bertz CT molecular complexity index is 518. The molecule has 1 unspecified atom stereocenters. The highest BCUT2D eigenvalue weighted by Crippen LogP contribution is 2.26. The van der Waals surface area contributed by atoms with Crippen LogP contribution in [-0.2, 0) is 4.74 Å². The van der Waals surface area contributed by atoms with Crippen LogP contribution in [0.15, 0.2) is 6.20 Å². The van der Waals surface area contributed by atoms with Gasteiger partial charge in [-0.25, -0.2) is 4.68 Å². The van der Waals surface area contributed by atoms with Crippen LogP contribution in [-0.4, -0.2) is 69.4 Å². The number of ether oxygens (including phenoxy) is 1. The molecule has 1 amide bonds. The number of hydrogen-bond acceptors (Lipinski definition) is 6. The fourth-order valence-corrected chi connectivity index (χ4v) is 3.06. The number of nitrogens with two attached hydrogens (primary N) is 1. The highest BCUT2D eigenvalue weighted by molar-refractivity contribution is 5.92. The van der Waals surface area contributed by atoms with Gasteiger partial charge in [-0.15, -0.1) is 17.5 Å². The molecule has 2 fully saturated rings. The fraction of sp³-hybridized carbons (Fsp3) is 0.786. The fourth-order valence-electron chi connectivity index (χ4n) is 3.06. The van der Waals surface area contributed by atoms with E-state index >= 15 is 0 Å². The first-order chi connectivity index (χ1) is 10.6. The van der Waals surface area contributed by atoms with Crippen molar-refractivity contribution in [2.75, 3.05) is 26.3 Å². The zero-order valence-corrected chi connectivity index (χ0v) is 13.8. The Morgan fingerprint density at radius 1 is 1.35 bits per heavy atom. The summed E-state index contributed by atoms with van der Waals surface area (Å²) in [6.07, 6.45) is 4.94. The zero-order chi connectivity index (χ0) is 15.5. The predicted molar refractivity (Wildman–Crippen MR) is 85.5 cm³/mol. The van der Waals surface area contributed by atoms with Gasteiger partial charge in [0.25, 0.3) is 5.91 Å². The van der Waals surface area contributed by atoms with Gasteiger partial charge in [0.15, 0.2) is 5.69 Å². The Morgan fingerprint density at radius 2 is 2.09 bits per heavy atom. The number of aromatic nitrogens is 3. The SMILES string of the molecule is Cl.NC1CCC(n2cc(C(=O)N3CCOCC(O)C3)nn2)CC1. The van der Waals surface area contributed by atoms with E-state index in [9.17, 15) is 9.90 Å². The Kier molecular flexibility index (Phi) is 6.34. The Balaban J connectivity index is 0.00000192. The number of halogens is 1. The third kappa shape index (κ3) is 4.41. The molecule has 9 heteroatoms. The molecule has 1 aliphatic carbocycles.